The summed E-state index contributed by atoms with van der Waals surface area (Å²) in [5, 5.41) is 10.5. The van der Waals surface area contributed by atoms with Crippen molar-refractivity contribution < 1.29 is 0 Å². The highest BCUT2D eigenvalue weighted by atomic mass is 15.2. The smallest absolute Gasteiger partial charge is 0.163 e. The summed E-state index contributed by atoms with van der Waals surface area (Å²) in [6.07, 6.45) is 6.03. The Kier molecular flexibility index (Phi) is 4.66. The van der Waals surface area contributed by atoms with Crippen molar-refractivity contribution in [3.63, 3.8) is 0 Å². The molecule has 5 rings (SSSR count). The maximum absolute atomic E-state index is 4.77. The summed E-state index contributed by atoms with van der Waals surface area (Å²) in [5.74, 6) is 2.32. The second-order valence-electron chi connectivity index (χ2n) is 7.69. The second kappa shape index (κ2) is 7.62. The Bertz CT molecular complexity index is 1140. The minimum Gasteiger partial charge on any atom is -0.378 e. The number of hydrogen-bond donors (Lipinski definition) is 2. The van der Waals surface area contributed by atoms with E-state index in [9.17, 15) is 0 Å². The van der Waals surface area contributed by atoms with Crippen LogP contribution in [0.5, 0.6) is 0 Å². The van der Waals surface area contributed by atoms with Crippen LogP contribution in [0.15, 0.2) is 48.8 Å². The highest BCUT2D eigenvalue weighted by Crippen LogP contribution is 2.27. The van der Waals surface area contributed by atoms with E-state index >= 15 is 0 Å². The average Bonchev–Trinajstić information content (AvgIpc) is 3.46. The largest absolute Gasteiger partial charge is 0.378 e. The molecule has 4 aromatic rings. The predicted molar refractivity (Wildman–Crippen MR) is 120 cm³/mol. The maximum Gasteiger partial charge on any atom is 0.163 e. The third kappa shape index (κ3) is 3.52. The summed E-state index contributed by atoms with van der Waals surface area (Å²) >= 11 is 0. The minimum atomic E-state index is 0.622. The zero-order chi connectivity index (χ0) is 20.5. The molecule has 4 heterocycles. The van der Waals surface area contributed by atoms with E-state index in [-0.39, 0.29) is 0 Å². The van der Waals surface area contributed by atoms with Crippen molar-refractivity contribution in [2.75, 3.05) is 42.3 Å². The molecule has 0 atom stereocenters. The molecule has 0 saturated carbocycles. The van der Waals surface area contributed by atoms with Crippen LogP contribution in [-0.4, -0.2) is 52.3 Å². The lowest BCUT2D eigenvalue weighted by Gasteiger charge is -2.16. The normalized spacial score (nSPS) is 13.7. The van der Waals surface area contributed by atoms with Crippen LogP contribution >= 0.6 is 0 Å². The van der Waals surface area contributed by atoms with Crippen LogP contribution < -0.4 is 15.1 Å². The summed E-state index contributed by atoms with van der Waals surface area (Å²) < 4.78 is 0. The van der Waals surface area contributed by atoms with E-state index in [0.717, 1.165) is 46.9 Å². The molecular weight excluding hydrogens is 376 g/mol. The van der Waals surface area contributed by atoms with E-state index in [4.69, 9.17) is 4.98 Å². The number of pyridine rings is 1. The Balaban J connectivity index is 1.46. The van der Waals surface area contributed by atoms with Gasteiger partial charge in [0.15, 0.2) is 11.6 Å². The van der Waals surface area contributed by atoms with Gasteiger partial charge >= 0.3 is 0 Å². The molecule has 30 heavy (non-hydrogen) atoms. The molecule has 1 fully saturated rings. The second-order valence-corrected chi connectivity index (χ2v) is 7.69. The van der Waals surface area contributed by atoms with Gasteiger partial charge in [0.25, 0.3) is 0 Å². The monoisotopic (exact) mass is 400 g/mol. The third-order valence-corrected chi connectivity index (χ3v) is 5.38. The van der Waals surface area contributed by atoms with Crippen LogP contribution in [-0.2, 0) is 0 Å². The van der Waals surface area contributed by atoms with Crippen molar-refractivity contribution in [1.82, 2.24) is 25.1 Å². The average molecular weight is 400 g/mol. The van der Waals surface area contributed by atoms with Gasteiger partial charge in [0, 0.05) is 50.3 Å². The highest BCUT2D eigenvalue weighted by Gasteiger charge is 2.15. The van der Waals surface area contributed by atoms with Gasteiger partial charge in [-0.1, -0.05) is 0 Å². The van der Waals surface area contributed by atoms with Gasteiger partial charge < -0.3 is 15.1 Å². The molecule has 1 aliphatic heterocycles. The molecule has 0 aliphatic carbocycles. The fraction of sp³-hybridized carbons (Fsp3) is 0.273. The number of aromatic nitrogens is 5. The predicted octanol–water partition coefficient (Wildman–Crippen LogP) is 3.82. The van der Waals surface area contributed by atoms with Crippen molar-refractivity contribution in [2.45, 2.75) is 12.8 Å². The first-order valence-corrected chi connectivity index (χ1v) is 10.1. The molecular formula is C22H24N8. The Morgan fingerprint density at radius 2 is 1.77 bits per heavy atom. The van der Waals surface area contributed by atoms with Crippen LogP contribution in [0.1, 0.15) is 12.8 Å². The van der Waals surface area contributed by atoms with E-state index in [1.807, 2.05) is 38.5 Å². The van der Waals surface area contributed by atoms with Gasteiger partial charge in [-0.2, -0.15) is 5.10 Å². The van der Waals surface area contributed by atoms with E-state index in [1.54, 1.807) is 6.20 Å². The van der Waals surface area contributed by atoms with Gasteiger partial charge in [0.2, 0.25) is 0 Å². The quantitative estimate of drug-likeness (QED) is 0.527. The van der Waals surface area contributed by atoms with Gasteiger partial charge in [0.05, 0.1) is 6.20 Å². The first-order chi connectivity index (χ1) is 14.7. The van der Waals surface area contributed by atoms with Crippen molar-refractivity contribution in [1.29, 1.82) is 0 Å². The van der Waals surface area contributed by atoms with Gasteiger partial charge in [-0.05, 0) is 49.2 Å². The molecule has 152 valence electrons. The molecule has 8 nitrogen and oxygen atoms in total. The zero-order valence-corrected chi connectivity index (χ0v) is 17.1. The molecule has 1 aromatic carbocycles. The van der Waals surface area contributed by atoms with Crippen LogP contribution in [0.25, 0.3) is 22.4 Å². The molecule has 1 saturated heterocycles. The lowest BCUT2D eigenvalue weighted by molar-refractivity contribution is 0.937. The lowest BCUT2D eigenvalue weighted by Crippen LogP contribution is -2.18. The lowest BCUT2D eigenvalue weighted by atomic mass is 10.2. The number of nitrogens with zero attached hydrogens (tertiary/aromatic N) is 6. The summed E-state index contributed by atoms with van der Waals surface area (Å²) in [6, 6.07) is 12.3. The topological polar surface area (TPSA) is 85.9 Å². The van der Waals surface area contributed by atoms with Crippen molar-refractivity contribution in [2.24, 2.45) is 0 Å². The standard InChI is InChI=1S/C22H24N8/c1-29(2)17-8-6-16(7-9-17)25-22-20-18(14-24-28-20)26-21(27-22)15-5-10-19(23-13-15)30-11-3-4-12-30/h5-10,13-14H,3-4,11-12H2,1-2H3,(H,24,28)(H,25,26,27). The number of fused-ring (bicyclic) bond motifs is 1. The Morgan fingerprint density at radius 1 is 0.967 bits per heavy atom. The van der Waals surface area contributed by atoms with E-state index in [1.165, 1.54) is 12.8 Å². The van der Waals surface area contributed by atoms with Gasteiger partial charge in [-0.3, -0.25) is 5.10 Å². The van der Waals surface area contributed by atoms with Crippen molar-refractivity contribution in [3.05, 3.63) is 48.8 Å². The molecule has 0 amide bonds. The zero-order valence-electron chi connectivity index (χ0n) is 17.1. The van der Waals surface area contributed by atoms with E-state index < -0.39 is 0 Å². The number of benzene rings is 1. The molecule has 0 spiro atoms. The first kappa shape index (κ1) is 18.4. The summed E-state index contributed by atoms with van der Waals surface area (Å²) in [4.78, 5) is 18.5. The fourth-order valence-corrected chi connectivity index (χ4v) is 3.69. The SMILES string of the molecule is CN(C)c1ccc(Nc2nc(-c3ccc(N4CCCC4)nc3)nc3cn[nH]c23)cc1. The van der Waals surface area contributed by atoms with Crippen LogP contribution in [0.2, 0.25) is 0 Å². The number of H-pyrrole nitrogens is 1. The number of aromatic amines is 1. The number of hydrogen-bond acceptors (Lipinski definition) is 7. The number of nitrogens with one attached hydrogen (secondary N) is 2. The molecule has 0 unspecified atom stereocenters. The molecule has 8 heteroatoms. The minimum absolute atomic E-state index is 0.622. The highest BCUT2D eigenvalue weighted by molar-refractivity contribution is 5.88. The molecule has 1 aliphatic rings. The molecule has 0 bridgehead atoms. The summed E-state index contributed by atoms with van der Waals surface area (Å²) in [6.45, 7) is 2.15. The Labute approximate surface area is 175 Å². The maximum atomic E-state index is 4.77. The van der Waals surface area contributed by atoms with E-state index in [0.29, 0.717) is 11.6 Å². The summed E-state index contributed by atoms with van der Waals surface area (Å²) in [7, 11) is 4.05. The van der Waals surface area contributed by atoms with Crippen LogP contribution in [0, 0.1) is 0 Å². The molecule has 3 aromatic heterocycles. The number of anilines is 4. The van der Waals surface area contributed by atoms with Gasteiger partial charge in [0.1, 0.15) is 16.9 Å². The summed E-state index contributed by atoms with van der Waals surface area (Å²) in [5.41, 5.74) is 4.50. The Morgan fingerprint density at radius 3 is 2.47 bits per heavy atom. The van der Waals surface area contributed by atoms with Gasteiger partial charge in [-0.25, -0.2) is 15.0 Å². The fourth-order valence-electron chi connectivity index (χ4n) is 3.69. The van der Waals surface area contributed by atoms with Crippen molar-refractivity contribution in [3.8, 4) is 11.4 Å². The van der Waals surface area contributed by atoms with Crippen LogP contribution in [0.4, 0.5) is 23.0 Å². The number of rotatable bonds is 5. The molecule has 0 radical (unpaired) electrons. The Hall–Kier alpha value is -3.68. The van der Waals surface area contributed by atoms with Crippen LogP contribution in [0.3, 0.4) is 0 Å². The van der Waals surface area contributed by atoms with Gasteiger partial charge in [-0.15, -0.1) is 0 Å². The van der Waals surface area contributed by atoms with Crippen molar-refractivity contribution >= 4 is 34.0 Å². The van der Waals surface area contributed by atoms with E-state index in [2.05, 4.69) is 53.5 Å². The molecule has 2 N–H and O–H groups in total. The first-order valence-electron chi connectivity index (χ1n) is 10.1. The third-order valence-electron chi connectivity index (χ3n) is 5.38.